The number of aliphatic hydroxyl groups excluding tert-OH is 2. The molecule has 190 valence electrons. The van der Waals surface area contributed by atoms with E-state index in [-0.39, 0.29) is 24.2 Å². The molecule has 0 radical (unpaired) electrons. The number of aliphatic hydroxyl groups is 2. The van der Waals surface area contributed by atoms with Gasteiger partial charge in [-0.1, -0.05) is 29.8 Å². The number of hydrogen-bond acceptors (Lipinski definition) is 6. The van der Waals surface area contributed by atoms with Crippen LogP contribution in [0.5, 0.6) is 0 Å². The van der Waals surface area contributed by atoms with Crippen molar-refractivity contribution in [2.75, 3.05) is 18.0 Å². The molecule has 2 fully saturated rings. The highest BCUT2D eigenvalue weighted by molar-refractivity contribution is 6.30. The summed E-state index contributed by atoms with van der Waals surface area (Å²) in [6, 6.07) is 9.21. The lowest BCUT2D eigenvalue weighted by Gasteiger charge is -2.37. The van der Waals surface area contributed by atoms with Crippen molar-refractivity contribution in [2.24, 2.45) is 0 Å². The molecule has 6 atom stereocenters. The van der Waals surface area contributed by atoms with Crippen LogP contribution in [0.3, 0.4) is 0 Å². The molecule has 2 aromatic rings. The molecule has 1 aromatic carbocycles. The third-order valence-electron chi connectivity index (χ3n) is 7.33. The third kappa shape index (κ3) is 4.78. The van der Waals surface area contributed by atoms with Crippen molar-refractivity contribution >= 4 is 29.1 Å². The van der Waals surface area contributed by atoms with Crippen molar-refractivity contribution in [3.8, 4) is 0 Å². The fraction of sp³-hybridized carbons (Fsp3) is 0.423. The Hall–Kier alpha value is -3.14. The maximum absolute atomic E-state index is 13.0. The van der Waals surface area contributed by atoms with Crippen molar-refractivity contribution in [1.29, 1.82) is 0 Å². The Kier molecular flexibility index (Phi) is 6.87. The van der Waals surface area contributed by atoms with E-state index in [2.05, 4.69) is 15.3 Å². The molecule has 2 aliphatic heterocycles. The number of anilines is 1. The molecule has 1 aromatic heterocycles. The van der Waals surface area contributed by atoms with Gasteiger partial charge in [-0.3, -0.25) is 14.3 Å². The Morgan fingerprint density at radius 3 is 2.53 bits per heavy atom. The summed E-state index contributed by atoms with van der Waals surface area (Å²) in [6.45, 7) is 2.86. The number of piperazine rings is 1. The lowest BCUT2D eigenvalue weighted by atomic mass is 9.98. The van der Waals surface area contributed by atoms with Crippen LogP contribution >= 0.6 is 11.6 Å². The quantitative estimate of drug-likeness (QED) is 0.521. The molecule has 36 heavy (non-hydrogen) atoms. The average molecular weight is 512 g/mol. The summed E-state index contributed by atoms with van der Waals surface area (Å²) < 4.78 is 1.86. The first kappa shape index (κ1) is 24.5. The summed E-state index contributed by atoms with van der Waals surface area (Å²) >= 11 is 5.99. The van der Waals surface area contributed by atoms with Gasteiger partial charge in [0.1, 0.15) is 0 Å². The molecule has 10 heteroatoms. The van der Waals surface area contributed by atoms with Crippen LogP contribution < -0.4 is 10.2 Å². The highest BCUT2D eigenvalue weighted by atomic mass is 35.5. The number of amides is 2. The summed E-state index contributed by atoms with van der Waals surface area (Å²) in [7, 11) is 0. The molecule has 3 heterocycles. The van der Waals surface area contributed by atoms with Crippen LogP contribution in [0, 0.1) is 0 Å². The Bertz CT molecular complexity index is 1170. The largest absolute Gasteiger partial charge is 0.380 e. The van der Waals surface area contributed by atoms with Crippen LogP contribution in [0.4, 0.5) is 5.69 Å². The molecule has 3 unspecified atom stereocenters. The van der Waals surface area contributed by atoms with E-state index in [1.807, 2.05) is 59.4 Å². The number of benzene rings is 1. The summed E-state index contributed by atoms with van der Waals surface area (Å²) in [5.41, 5.74) is 1.92. The van der Waals surface area contributed by atoms with E-state index < -0.39 is 24.0 Å². The topological polar surface area (TPSA) is 111 Å². The van der Waals surface area contributed by atoms with Crippen molar-refractivity contribution in [3.05, 3.63) is 71.5 Å². The van der Waals surface area contributed by atoms with Gasteiger partial charge in [0.25, 0.3) is 11.8 Å². The Morgan fingerprint density at radius 1 is 1.14 bits per heavy atom. The van der Waals surface area contributed by atoms with Gasteiger partial charge in [-0.15, -0.1) is 0 Å². The minimum atomic E-state index is -1.85. The number of nitrogens with zero attached hydrogens (tertiary/aromatic N) is 4. The number of allylic oxidation sites excluding steroid dienone is 2. The van der Waals surface area contributed by atoms with Crippen molar-refractivity contribution in [3.63, 3.8) is 0 Å². The minimum absolute atomic E-state index is 0.0812. The zero-order chi connectivity index (χ0) is 25.4. The van der Waals surface area contributed by atoms with E-state index in [1.54, 1.807) is 18.0 Å². The number of aromatic nitrogens is 2. The van der Waals surface area contributed by atoms with E-state index in [1.165, 1.54) is 0 Å². The number of rotatable bonds is 7. The van der Waals surface area contributed by atoms with E-state index in [9.17, 15) is 19.8 Å². The average Bonchev–Trinajstić information content (AvgIpc) is 3.66. The van der Waals surface area contributed by atoms with Crippen LogP contribution in [-0.2, 0) is 9.59 Å². The van der Waals surface area contributed by atoms with Gasteiger partial charge in [-0.25, -0.2) is 0 Å². The van der Waals surface area contributed by atoms with Gasteiger partial charge in [0.05, 0.1) is 18.1 Å². The standard InChI is InChI=1S/C26H30ClN5O4/c1-16(17-3-7-20(8-4-17)32-12-2-11-28-32)29-25(35)23(33)24(34)26(36)31-15-21-13-22(31)14-30(21)19-9-5-18(27)6-10-19/h2-7,9-12,16,20-24,33-34H,8,13-15H2,1H3,(H,29,35)/t16-,20?,21?,22?,23-,24-/m1/s1. The number of carbonyl (C=O) groups excluding carboxylic acids is 2. The van der Waals surface area contributed by atoms with Gasteiger partial charge < -0.3 is 25.3 Å². The summed E-state index contributed by atoms with van der Waals surface area (Å²) in [5.74, 6) is -1.40. The lowest BCUT2D eigenvalue weighted by molar-refractivity contribution is -0.154. The molecule has 9 nitrogen and oxygen atoms in total. The number of likely N-dealkylation sites (tertiary alicyclic amines) is 1. The summed E-state index contributed by atoms with van der Waals surface area (Å²) in [6.07, 6.45) is 7.40. The first-order chi connectivity index (χ1) is 17.3. The minimum Gasteiger partial charge on any atom is -0.380 e. The number of carbonyl (C=O) groups is 2. The molecule has 0 spiro atoms. The fourth-order valence-corrected chi connectivity index (χ4v) is 5.46. The number of nitrogens with one attached hydrogen (secondary N) is 1. The first-order valence-corrected chi connectivity index (χ1v) is 12.6. The second-order valence-corrected chi connectivity index (χ2v) is 10.1. The van der Waals surface area contributed by atoms with Gasteiger partial charge >= 0.3 is 0 Å². The normalized spacial score (nSPS) is 25.4. The van der Waals surface area contributed by atoms with Gasteiger partial charge in [0.2, 0.25) is 0 Å². The Morgan fingerprint density at radius 2 is 1.92 bits per heavy atom. The molecular weight excluding hydrogens is 482 g/mol. The van der Waals surface area contributed by atoms with Crippen molar-refractivity contribution < 1.29 is 19.8 Å². The van der Waals surface area contributed by atoms with Gasteiger partial charge in [0, 0.05) is 42.2 Å². The van der Waals surface area contributed by atoms with Crippen LogP contribution in [0.15, 0.2) is 66.5 Å². The van der Waals surface area contributed by atoms with Gasteiger partial charge in [-0.2, -0.15) is 5.10 Å². The lowest BCUT2D eigenvalue weighted by Crippen LogP contribution is -2.56. The first-order valence-electron chi connectivity index (χ1n) is 12.2. The Labute approximate surface area is 214 Å². The SMILES string of the molecule is C[C@@H](NC(=O)[C@H](O)[C@@H](O)C(=O)N1CC2CC1CN2c1ccc(Cl)cc1)C1=CCC(n2cccn2)C=C1. The Balaban J connectivity index is 1.13. The molecule has 3 N–H and O–H groups in total. The predicted octanol–water partition coefficient (Wildman–Crippen LogP) is 1.68. The van der Waals surface area contributed by atoms with Gasteiger partial charge in [-0.05, 0) is 55.7 Å². The van der Waals surface area contributed by atoms with Crippen molar-refractivity contribution in [1.82, 2.24) is 20.0 Å². The highest BCUT2D eigenvalue weighted by Gasteiger charge is 2.48. The molecule has 2 bridgehead atoms. The number of halogens is 1. The molecule has 5 rings (SSSR count). The molecule has 3 aliphatic rings. The third-order valence-corrected chi connectivity index (χ3v) is 7.58. The molecule has 2 amide bonds. The van der Waals surface area contributed by atoms with E-state index in [4.69, 9.17) is 11.6 Å². The summed E-state index contributed by atoms with van der Waals surface area (Å²) in [4.78, 5) is 29.4. The zero-order valence-corrected chi connectivity index (χ0v) is 20.7. The molecule has 0 saturated carbocycles. The second-order valence-electron chi connectivity index (χ2n) is 9.64. The van der Waals surface area contributed by atoms with Crippen LogP contribution in [0.2, 0.25) is 5.02 Å². The molecule has 2 saturated heterocycles. The zero-order valence-electron chi connectivity index (χ0n) is 19.9. The highest BCUT2D eigenvalue weighted by Crippen LogP contribution is 2.35. The van der Waals surface area contributed by atoms with Crippen molar-refractivity contribution in [2.45, 2.75) is 56.1 Å². The van der Waals surface area contributed by atoms with E-state index in [0.717, 1.165) is 24.1 Å². The van der Waals surface area contributed by atoms with Crippen LogP contribution in [-0.4, -0.2) is 80.1 Å². The fourth-order valence-electron chi connectivity index (χ4n) is 5.34. The maximum Gasteiger partial charge on any atom is 0.255 e. The van der Waals surface area contributed by atoms with Crippen LogP contribution in [0.25, 0.3) is 0 Å². The summed E-state index contributed by atoms with van der Waals surface area (Å²) in [5, 5.41) is 28.7. The molecule has 1 aliphatic carbocycles. The predicted molar refractivity (Wildman–Crippen MR) is 135 cm³/mol. The van der Waals surface area contributed by atoms with E-state index >= 15 is 0 Å². The smallest absolute Gasteiger partial charge is 0.255 e. The number of hydrogen-bond donors (Lipinski definition) is 3. The molecular formula is C26H30ClN5O4. The van der Waals surface area contributed by atoms with Gasteiger partial charge in [0.15, 0.2) is 12.2 Å². The monoisotopic (exact) mass is 511 g/mol. The second kappa shape index (κ2) is 10.1. The maximum atomic E-state index is 13.0. The van der Waals surface area contributed by atoms with Crippen LogP contribution in [0.1, 0.15) is 25.8 Å². The van der Waals surface area contributed by atoms with E-state index in [0.29, 0.717) is 18.1 Å². The number of fused-ring (bicyclic) bond motifs is 2.